The minimum absolute atomic E-state index is 0.372. The predicted octanol–water partition coefficient (Wildman–Crippen LogP) is 12.0. The smallest absolute Gasteiger partial charge is 0.159 e. The summed E-state index contributed by atoms with van der Waals surface area (Å²) in [6.45, 7) is 10.9. The van der Waals surface area contributed by atoms with Gasteiger partial charge < -0.3 is 0 Å². The molecule has 0 amide bonds. The zero-order chi connectivity index (χ0) is 29.9. The Morgan fingerprint density at radius 2 is 0.977 bits per heavy atom. The van der Waals surface area contributed by atoms with Crippen LogP contribution in [0.2, 0.25) is 0 Å². The van der Waals surface area contributed by atoms with Crippen LogP contribution in [0, 0.1) is 65.9 Å². The molecule has 0 aromatic heterocycles. The molecule has 0 aliphatic heterocycles. The lowest BCUT2D eigenvalue weighted by atomic mass is 9.56. The topological polar surface area (TPSA) is 0 Å². The van der Waals surface area contributed by atoms with Crippen LogP contribution in [0.25, 0.3) is 0 Å². The van der Waals surface area contributed by atoms with Crippen LogP contribution < -0.4 is 0 Å². The van der Waals surface area contributed by atoms with Crippen LogP contribution in [0.4, 0.5) is 8.78 Å². The summed E-state index contributed by atoms with van der Waals surface area (Å²) in [7, 11) is 0. The molecule has 4 aliphatic rings. The maximum absolute atomic E-state index is 13.9. The molecule has 43 heavy (non-hydrogen) atoms. The van der Waals surface area contributed by atoms with Crippen LogP contribution in [0.1, 0.15) is 118 Å². The highest BCUT2D eigenvalue weighted by Crippen LogP contribution is 2.53. The van der Waals surface area contributed by atoms with Crippen LogP contribution in [0.5, 0.6) is 0 Å². The Kier molecular flexibility index (Phi) is 9.90. The van der Waals surface area contributed by atoms with Crippen LogP contribution in [0.3, 0.4) is 0 Å². The molecule has 4 saturated carbocycles. The number of rotatable bonds is 7. The second-order valence-corrected chi connectivity index (χ2v) is 15.1. The van der Waals surface area contributed by atoms with E-state index in [9.17, 15) is 8.78 Å². The molecule has 0 bridgehead atoms. The van der Waals surface area contributed by atoms with Crippen molar-refractivity contribution in [1.82, 2.24) is 0 Å². The van der Waals surface area contributed by atoms with Gasteiger partial charge >= 0.3 is 0 Å². The molecule has 0 radical (unpaired) electrons. The van der Waals surface area contributed by atoms with Crippen molar-refractivity contribution in [2.24, 2.45) is 47.3 Å². The fraction of sp³-hybridized carbons (Fsp3) is 0.610. The van der Waals surface area contributed by atoms with Gasteiger partial charge in [0.05, 0.1) is 0 Å². The molecule has 0 N–H and O–H groups in total. The van der Waals surface area contributed by atoms with E-state index in [1.165, 1.54) is 94.7 Å². The zero-order valence-corrected chi connectivity index (χ0v) is 26.5. The average molecular weight is 585 g/mol. The Bertz CT molecular complexity index is 1210. The minimum Gasteiger partial charge on any atom is -0.204 e. The standard InChI is InChI=1S/C41H54F2/c1-4-28-10-20-35(32-14-12-31(13-15-32)30-8-6-27(3)7-9-30)24-38(28)39-25-36(21-11-29(39)5-2)33-16-18-34(19-17-33)37-22-23-40(42)41(43)26-37/h4-9,22-23,26,28-29,31-36,38-39H,1-2,10-21,24-25H2,3H3. The summed E-state index contributed by atoms with van der Waals surface area (Å²) in [6.07, 6.45) is 22.8. The first kappa shape index (κ1) is 30.8. The highest BCUT2D eigenvalue weighted by molar-refractivity contribution is 5.25. The van der Waals surface area contributed by atoms with Gasteiger partial charge in [0.2, 0.25) is 0 Å². The number of halogens is 2. The Morgan fingerprint density at radius 3 is 1.44 bits per heavy atom. The summed E-state index contributed by atoms with van der Waals surface area (Å²) < 4.78 is 27.4. The maximum Gasteiger partial charge on any atom is 0.159 e. The largest absolute Gasteiger partial charge is 0.204 e. The first-order chi connectivity index (χ1) is 20.9. The molecule has 6 unspecified atom stereocenters. The fourth-order valence-electron chi connectivity index (χ4n) is 10.4. The quantitative estimate of drug-likeness (QED) is 0.284. The molecule has 2 aromatic carbocycles. The molecular weight excluding hydrogens is 530 g/mol. The van der Waals surface area contributed by atoms with Gasteiger partial charge in [-0.05, 0) is 179 Å². The first-order valence-corrected chi connectivity index (χ1v) is 17.7. The third-order valence-corrected chi connectivity index (χ3v) is 13.0. The van der Waals surface area contributed by atoms with E-state index in [2.05, 4.69) is 56.5 Å². The Balaban J connectivity index is 1.08. The summed E-state index contributed by atoms with van der Waals surface area (Å²) in [4.78, 5) is 0. The van der Waals surface area contributed by atoms with E-state index < -0.39 is 11.6 Å². The van der Waals surface area contributed by atoms with Crippen LogP contribution >= 0.6 is 0 Å². The highest BCUT2D eigenvalue weighted by Gasteiger charge is 2.43. The van der Waals surface area contributed by atoms with Gasteiger partial charge in [0.15, 0.2) is 11.6 Å². The molecule has 0 heterocycles. The molecule has 6 rings (SSSR count). The number of allylic oxidation sites excluding steroid dienone is 2. The van der Waals surface area contributed by atoms with Crippen LogP contribution in [-0.2, 0) is 0 Å². The molecule has 2 heteroatoms. The van der Waals surface area contributed by atoms with E-state index in [-0.39, 0.29) is 0 Å². The lowest BCUT2D eigenvalue weighted by Gasteiger charge is -2.49. The second kappa shape index (κ2) is 13.8. The van der Waals surface area contributed by atoms with Crippen molar-refractivity contribution in [3.8, 4) is 0 Å². The van der Waals surface area contributed by atoms with E-state index in [4.69, 9.17) is 0 Å². The lowest BCUT2D eigenvalue weighted by molar-refractivity contribution is 0.0326. The molecular formula is C41H54F2. The summed E-state index contributed by atoms with van der Waals surface area (Å²) in [5.74, 6) is 5.78. The minimum atomic E-state index is -0.736. The van der Waals surface area contributed by atoms with Gasteiger partial charge in [0.25, 0.3) is 0 Å². The SMILES string of the molecule is C=CC1CCC(C2CCC(c3ccc(C)cc3)CC2)CC1C1CC(C2CCC(c3ccc(F)c(F)c3)CC2)CCC1C=C. The monoisotopic (exact) mass is 584 g/mol. The Hall–Kier alpha value is -2.22. The van der Waals surface area contributed by atoms with E-state index in [0.29, 0.717) is 17.8 Å². The van der Waals surface area contributed by atoms with E-state index in [1.807, 2.05) is 0 Å². The van der Waals surface area contributed by atoms with Crippen LogP contribution in [-0.4, -0.2) is 0 Å². The van der Waals surface area contributed by atoms with Crippen molar-refractivity contribution in [3.05, 3.63) is 96.1 Å². The van der Waals surface area contributed by atoms with Gasteiger partial charge in [-0.1, -0.05) is 48.0 Å². The molecule has 4 fully saturated rings. The van der Waals surface area contributed by atoms with Crippen molar-refractivity contribution in [1.29, 1.82) is 0 Å². The van der Waals surface area contributed by atoms with Gasteiger partial charge in [-0.25, -0.2) is 8.78 Å². The molecule has 4 aliphatic carbocycles. The fourth-order valence-corrected chi connectivity index (χ4v) is 10.4. The second-order valence-electron chi connectivity index (χ2n) is 15.1. The van der Waals surface area contributed by atoms with Crippen molar-refractivity contribution in [2.45, 2.75) is 109 Å². The summed E-state index contributed by atoms with van der Waals surface area (Å²) in [5, 5.41) is 0. The van der Waals surface area contributed by atoms with Crippen molar-refractivity contribution < 1.29 is 8.78 Å². The Morgan fingerprint density at radius 1 is 0.535 bits per heavy atom. The number of aryl methyl sites for hydroxylation is 1. The van der Waals surface area contributed by atoms with E-state index >= 15 is 0 Å². The summed E-state index contributed by atoms with van der Waals surface area (Å²) in [5.41, 5.74) is 3.90. The van der Waals surface area contributed by atoms with E-state index in [0.717, 1.165) is 59.8 Å². The third kappa shape index (κ3) is 6.89. The van der Waals surface area contributed by atoms with Crippen molar-refractivity contribution >= 4 is 0 Å². The summed E-state index contributed by atoms with van der Waals surface area (Å²) >= 11 is 0. The number of benzene rings is 2. The van der Waals surface area contributed by atoms with Gasteiger partial charge in [-0.2, -0.15) is 0 Å². The first-order valence-electron chi connectivity index (χ1n) is 17.7. The van der Waals surface area contributed by atoms with Gasteiger partial charge in [0, 0.05) is 0 Å². The average Bonchev–Trinajstić information content (AvgIpc) is 3.06. The zero-order valence-electron chi connectivity index (χ0n) is 26.5. The van der Waals surface area contributed by atoms with Crippen LogP contribution in [0.15, 0.2) is 67.8 Å². The van der Waals surface area contributed by atoms with Crippen molar-refractivity contribution in [3.63, 3.8) is 0 Å². The molecule has 6 atom stereocenters. The maximum atomic E-state index is 13.9. The molecule has 232 valence electrons. The Labute approximate surface area is 260 Å². The molecule has 2 aromatic rings. The summed E-state index contributed by atoms with van der Waals surface area (Å²) in [6, 6.07) is 13.9. The highest BCUT2D eigenvalue weighted by atomic mass is 19.2. The number of hydrogen-bond donors (Lipinski definition) is 0. The predicted molar refractivity (Wildman–Crippen MR) is 176 cm³/mol. The molecule has 0 spiro atoms. The third-order valence-electron chi connectivity index (χ3n) is 13.0. The molecule has 0 saturated heterocycles. The van der Waals surface area contributed by atoms with Crippen molar-refractivity contribution in [2.75, 3.05) is 0 Å². The van der Waals surface area contributed by atoms with Gasteiger partial charge in [0.1, 0.15) is 0 Å². The van der Waals surface area contributed by atoms with E-state index in [1.54, 1.807) is 11.6 Å². The number of hydrogen-bond acceptors (Lipinski definition) is 0. The lowest BCUT2D eigenvalue weighted by Crippen LogP contribution is -2.40. The normalized spacial score (nSPS) is 37.0. The molecule has 0 nitrogen and oxygen atoms in total. The van der Waals surface area contributed by atoms with Gasteiger partial charge in [-0.3, -0.25) is 0 Å². The van der Waals surface area contributed by atoms with Gasteiger partial charge in [-0.15, -0.1) is 13.2 Å².